The molecule has 0 spiro atoms. The number of esters is 1. The van der Waals surface area contributed by atoms with Gasteiger partial charge in [-0.25, -0.2) is 9.59 Å². The molecule has 0 saturated heterocycles. The maximum atomic E-state index is 14.1. The molecule has 0 aliphatic heterocycles. The molecule has 0 saturated carbocycles. The molecule has 0 aliphatic rings. The number of hydrogen-bond acceptors (Lipinski definition) is 12. The quantitative estimate of drug-likeness (QED) is 0.0190. The maximum Gasteiger partial charge on any atom is 0.345 e. The fourth-order valence-electron chi connectivity index (χ4n) is 6.34. The summed E-state index contributed by atoms with van der Waals surface area (Å²) < 4.78 is 51.6. The van der Waals surface area contributed by atoms with Crippen molar-refractivity contribution in [1.29, 1.82) is 0 Å². The van der Waals surface area contributed by atoms with Crippen LogP contribution in [0.4, 0.5) is 0 Å². The van der Waals surface area contributed by atoms with Crippen molar-refractivity contribution in [2.45, 2.75) is 45.8 Å². The van der Waals surface area contributed by atoms with Crippen LogP contribution in [0.15, 0.2) is 72.8 Å². The summed E-state index contributed by atoms with van der Waals surface area (Å²) in [4.78, 5) is 56.1. The van der Waals surface area contributed by atoms with Gasteiger partial charge in [0.15, 0.2) is 6.54 Å². The number of rotatable bonds is 20. The number of methoxy groups -OCH3 is 1. The number of nitrogens with zero attached hydrogens (tertiary/aromatic N) is 2. The van der Waals surface area contributed by atoms with Crippen LogP contribution in [0.25, 0.3) is 21.8 Å². The molecule has 0 radical (unpaired) electrons. The monoisotopic (exact) mass is 821 g/mol. The van der Waals surface area contributed by atoms with Gasteiger partial charge >= 0.3 is 11.9 Å². The van der Waals surface area contributed by atoms with Gasteiger partial charge < -0.3 is 39.9 Å². The summed E-state index contributed by atoms with van der Waals surface area (Å²) in [7, 11) is -2.68. The molecule has 18 heteroatoms. The van der Waals surface area contributed by atoms with Gasteiger partial charge in [-0.3, -0.25) is 14.1 Å². The number of aromatic hydroxyl groups is 2. The highest BCUT2D eigenvalue weighted by Gasteiger charge is 2.27. The van der Waals surface area contributed by atoms with Crippen molar-refractivity contribution in [1.82, 2.24) is 15.4 Å². The number of carbonyl (C=O) groups excluding carboxylic acids is 4. The highest BCUT2D eigenvalue weighted by atomic mass is 32.2. The van der Waals surface area contributed by atoms with Crippen molar-refractivity contribution in [3.63, 3.8) is 0 Å². The average Bonchev–Trinajstić information content (AvgIpc) is 3.50. The Kier molecular flexibility index (Phi) is 14.7. The number of nitrogens with one attached hydrogen (secondary N) is 2. The second-order valence-corrected chi connectivity index (χ2v) is 14.8. The summed E-state index contributed by atoms with van der Waals surface area (Å²) in [6, 6.07) is 19.9. The van der Waals surface area contributed by atoms with Gasteiger partial charge in [0.2, 0.25) is 28.7 Å². The highest BCUT2D eigenvalue weighted by Crippen LogP contribution is 2.31. The number of pyridine rings is 1. The molecule has 308 valence electrons. The number of ether oxygens (including phenoxy) is 3. The van der Waals surface area contributed by atoms with Crippen molar-refractivity contribution in [3.05, 3.63) is 95.1 Å². The van der Waals surface area contributed by atoms with Crippen LogP contribution in [-0.4, -0.2) is 90.8 Å². The molecule has 0 bridgehead atoms. The van der Waals surface area contributed by atoms with Crippen molar-refractivity contribution < 1.29 is 66.0 Å². The van der Waals surface area contributed by atoms with Gasteiger partial charge in [-0.05, 0) is 43.2 Å². The lowest BCUT2D eigenvalue weighted by Crippen LogP contribution is -2.37. The van der Waals surface area contributed by atoms with Crippen LogP contribution in [0.3, 0.4) is 0 Å². The maximum absolute atomic E-state index is 14.1. The lowest BCUT2D eigenvalue weighted by atomic mass is 10.0. The zero-order valence-electron chi connectivity index (χ0n) is 31.9. The van der Waals surface area contributed by atoms with Crippen molar-refractivity contribution in [2.75, 3.05) is 39.2 Å². The topological polar surface area (TPSA) is 233 Å². The molecule has 3 aromatic carbocycles. The lowest BCUT2D eigenvalue weighted by Gasteiger charge is -2.16. The van der Waals surface area contributed by atoms with E-state index in [1.54, 1.807) is 43.3 Å². The number of fused-ring (bicyclic) bond motifs is 2. The number of amides is 2. The Morgan fingerprint density at radius 1 is 0.828 bits per heavy atom. The van der Waals surface area contributed by atoms with Crippen LogP contribution in [0.5, 0.6) is 17.5 Å². The SMILES string of the molecule is COCc1cc(C(=O)NCCOCCNC(=O)CCCC(=O)On2c(O)ccc2O)cc(C)c1OC(=O)c1c2ccccc2[n+](CCCS(=O)(=O)O)c2ccccc12. The first-order chi connectivity index (χ1) is 27.8. The zero-order valence-corrected chi connectivity index (χ0v) is 32.7. The number of hydrogen-bond donors (Lipinski definition) is 5. The molecule has 5 N–H and O–H groups in total. The van der Waals surface area contributed by atoms with Crippen molar-refractivity contribution in [3.8, 4) is 17.5 Å². The van der Waals surface area contributed by atoms with Gasteiger partial charge in [0, 0.05) is 74.9 Å². The Bertz CT molecular complexity index is 2340. The van der Waals surface area contributed by atoms with Gasteiger partial charge in [-0.1, -0.05) is 24.3 Å². The van der Waals surface area contributed by atoms with Gasteiger partial charge in [-0.15, -0.1) is 4.73 Å². The summed E-state index contributed by atoms with van der Waals surface area (Å²) in [5.41, 5.74) is 2.94. The van der Waals surface area contributed by atoms with Gasteiger partial charge in [0.25, 0.3) is 16.0 Å². The van der Waals surface area contributed by atoms with E-state index < -0.39 is 45.5 Å². The number of carbonyl (C=O) groups is 4. The summed E-state index contributed by atoms with van der Waals surface area (Å²) in [5.74, 6) is -3.13. The van der Waals surface area contributed by atoms with E-state index in [-0.39, 0.29) is 76.8 Å². The minimum absolute atomic E-state index is 0.0381. The van der Waals surface area contributed by atoms with Crippen LogP contribution >= 0.6 is 0 Å². The number of para-hydroxylation sites is 2. The van der Waals surface area contributed by atoms with E-state index in [2.05, 4.69) is 10.6 Å². The minimum Gasteiger partial charge on any atom is -0.492 e. The zero-order chi connectivity index (χ0) is 41.8. The predicted molar refractivity (Wildman–Crippen MR) is 209 cm³/mol. The van der Waals surface area contributed by atoms with Gasteiger partial charge in [-0.2, -0.15) is 13.0 Å². The normalized spacial score (nSPS) is 11.4. The smallest absolute Gasteiger partial charge is 0.345 e. The molecule has 5 rings (SSSR count). The molecule has 17 nitrogen and oxygen atoms in total. The van der Waals surface area contributed by atoms with Crippen LogP contribution in [0.2, 0.25) is 0 Å². The largest absolute Gasteiger partial charge is 0.492 e. The first-order valence-electron chi connectivity index (χ1n) is 18.3. The Morgan fingerprint density at radius 2 is 1.45 bits per heavy atom. The summed E-state index contributed by atoms with van der Waals surface area (Å²) in [6.45, 7) is 2.72. The van der Waals surface area contributed by atoms with Crippen molar-refractivity contribution >= 4 is 55.7 Å². The van der Waals surface area contributed by atoms with Gasteiger partial charge in [0.1, 0.15) is 5.75 Å². The molecule has 58 heavy (non-hydrogen) atoms. The minimum atomic E-state index is -4.16. The predicted octanol–water partition coefficient (Wildman–Crippen LogP) is 3.13. The summed E-state index contributed by atoms with van der Waals surface area (Å²) in [5, 5.41) is 25.7. The third-order valence-corrected chi connectivity index (χ3v) is 9.71. The molecule has 0 unspecified atom stereocenters. The Morgan fingerprint density at radius 3 is 2.07 bits per heavy atom. The third-order valence-electron chi connectivity index (χ3n) is 8.90. The molecule has 2 amide bonds. The number of benzene rings is 3. The molecule has 2 heterocycles. The average molecular weight is 822 g/mol. The molecule has 0 fully saturated rings. The first-order valence-corrected chi connectivity index (χ1v) is 19.9. The molecule has 0 aliphatic carbocycles. The van der Waals surface area contributed by atoms with Crippen LogP contribution in [0, 0.1) is 6.92 Å². The third kappa shape index (κ3) is 11.3. The summed E-state index contributed by atoms with van der Waals surface area (Å²) in [6.07, 6.45) is 0.262. The van der Waals surface area contributed by atoms with Crippen LogP contribution < -0.4 is 24.8 Å². The van der Waals surface area contributed by atoms with Gasteiger partial charge in [0.05, 0.1) is 41.9 Å². The van der Waals surface area contributed by atoms with Crippen LogP contribution in [-0.2, 0) is 42.3 Å². The van der Waals surface area contributed by atoms with E-state index in [0.29, 0.717) is 48.8 Å². The summed E-state index contributed by atoms with van der Waals surface area (Å²) >= 11 is 0. The Hall–Kier alpha value is -6.08. The standard InChI is InChI=1S/C40H44N4O13S/c1-26-23-27(39(49)42-18-21-55-20-17-41-33(45)13-7-14-36(48)57-44-34(46)15-16-35(44)47)24-28(25-54-2)38(26)56-40(50)37-29-9-3-5-11-31(29)43(19-8-22-58(51,52)53)32-12-6-4-10-30(32)37/h3-6,9-12,15-16,23-24H,7-8,13-14,17-22,25H2,1-2H3,(H4,41,42,45,49,50,51,52,53)/p+1. The van der Waals surface area contributed by atoms with E-state index >= 15 is 0 Å². The second kappa shape index (κ2) is 19.9. The molecule has 0 atom stereocenters. The fraction of sp³-hybridized carbons (Fsp3) is 0.325. The van der Waals surface area contributed by atoms with E-state index in [9.17, 15) is 42.4 Å². The molecular formula is C40H45N4O13S+. The van der Waals surface area contributed by atoms with Crippen molar-refractivity contribution in [2.24, 2.45) is 0 Å². The van der Waals surface area contributed by atoms with E-state index in [4.69, 9.17) is 19.0 Å². The molecule has 2 aromatic heterocycles. The van der Waals surface area contributed by atoms with E-state index in [1.165, 1.54) is 7.11 Å². The number of aromatic nitrogens is 2. The molecule has 5 aromatic rings. The lowest BCUT2D eigenvalue weighted by molar-refractivity contribution is -0.645. The fourth-order valence-corrected chi connectivity index (χ4v) is 6.83. The Balaban J connectivity index is 1.14. The Labute approximate surface area is 333 Å². The number of aryl methyl sites for hydroxylation is 2. The highest BCUT2D eigenvalue weighted by molar-refractivity contribution is 7.85. The first kappa shape index (κ1) is 43.1. The van der Waals surface area contributed by atoms with E-state index in [1.807, 2.05) is 28.8 Å². The van der Waals surface area contributed by atoms with Crippen LogP contribution in [0.1, 0.15) is 57.5 Å². The van der Waals surface area contributed by atoms with E-state index in [0.717, 1.165) is 12.1 Å². The molecular weight excluding hydrogens is 777 g/mol. The second-order valence-electron chi connectivity index (χ2n) is 13.2.